The van der Waals surface area contributed by atoms with Crippen LogP contribution in [0.3, 0.4) is 0 Å². The molecule has 8 nitrogen and oxygen atoms in total. The number of aromatic nitrogens is 2. The maximum atomic E-state index is 13.5. The van der Waals surface area contributed by atoms with Crippen LogP contribution < -0.4 is 4.90 Å². The number of aryl methyl sites for hydroxylation is 2. The maximum absolute atomic E-state index is 13.5. The molecule has 2 aliphatic heterocycles. The number of hydrogen-bond donors (Lipinski definition) is 1. The van der Waals surface area contributed by atoms with E-state index in [9.17, 15) is 14.7 Å². The molecule has 0 radical (unpaired) electrons. The standard InChI is InChI=1S/C29H34ClN5O3/c1-19-10-11-25(14-26(19)30)34(29(37)38)13-7-12-32-15-22-17-33(18-23(22)16-32)28(36)27-20(2)31-35(21(27)3)24-8-5-4-6-9-24/h4-6,8-11,14,22-23H,7,12-13,15-18H2,1-3H3,(H,37,38). The molecular weight excluding hydrogens is 502 g/mol. The maximum Gasteiger partial charge on any atom is 0.411 e. The average molecular weight is 536 g/mol. The molecule has 2 atom stereocenters. The van der Waals surface area contributed by atoms with Crippen LogP contribution in [0.15, 0.2) is 48.5 Å². The Hall–Kier alpha value is -3.36. The fraction of sp³-hybridized carbons (Fsp3) is 0.414. The van der Waals surface area contributed by atoms with E-state index in [4.69, 9.17) is 11.6 Å². The highest BCUT2D eigenvalue weighted by Gasteiger charge is 2.42. The van der Waals surface area contributed by atoms with Gasteiger partial charge in [0.15, 0.2) is 0 Å². The molecule has 1 N–H and O–H groups in total. The monoisotopic (exact) mass is 535 g/mol. The molecule has 2 aromatic carbocycles. The fourth-order valence-corrected chi connectivity index (χ4v) is 6.08. The Labute approximate surface area is 228 Å². The third kappa shape index (κ3) is 5.15. The van der Waals surface area contributed by atoms with Gasteiger partial charge in [0.05, 0.1) is 22.6 Å². The van der Waals surface area contributed by atoms with Crippen molar-refractivity contribution in [3.8, 4) is 5.69 Å². The Balaban J connectivity index is 1.16. The first-order chi connectivity index (χ1) is 18.2. The van der Waals surface area contributed by atoms with Crippen molar-refractivity contribution in [2.75, 3.05) is 44.2 Å². The molecule has 2 saturated heterocycles. The third-order valence-electron chi connectivity index (χ3n) is 7.91. The number of rotatable bonds is 7. The molecule has 2 unspecified atom stereocenters. The Kier molecular flexibility index (Phi) is 7.45. The summed E-state index contributed by atoms with van der Waals surface area (Å²) in [6.07, 6.45) is -0.240. The molecule has 2 aliphatic rings. The SMILES string of the molecule is Cc1ccc(N(CCCN2CC3CN(C(=O)c4c(C)nn(-c5ccccc5)c4C)CC3C2)C(=O)O)cc1Cl. The van der Waals surface area contributed by atoms with Crippen molar-refractivity contribution in [1.82, 2.24) is 19.6 Å². The average Bonchev–Trinajstić information content (AvgIpc) is 3.55. The summed E-state index contributed by atoms with van der Waals surface area (Å²) >= 11 is 6.21. The van der Waals surface area contributed by atoms with Gasteiger partial charge in [0.25, 0.3) is 5.91 Å². The van der Waals surface area contributed by atoms with Gasteiger partial charge in [-0.1, -0.05) is 35.9 Å². The number of carbonyl (C=O) groups is 2. The summed E-state index contributed by atoms with van der Waals surface area (Å²) in [5, 5.41) is 14.9. The molecule has 0 saturated carbocycles. The van der Waals surface area contributed by atoms with Gasteiger partial charge in [-0.15, -0.1) is 0 Å². The van der Waals surface area contributed by atoms with Crippen LogP contribution in [0.2, 0.25) is 5.02 Å². The summed E-state index contributed by atoms with van der Waals surface area (Å²) in [5.74, 6) is 0.947. The fourth-order valence-electron chi connectivity index (χ4n) is 5.91. The second-order valence-electron chi connectivity index (χ2n) is 10.5. The zero-order valence-electron chi connectivity index (χ0n) is 22.1. The van der Waals surface area contributed by atoms with Crippen molar-refractivity contribution in [1.29, 1.82) is 0 Å². The lowest BCUT2D eigenvalue weighted by atomic mass is 10.0. The number of carbonyl (C=O) groups excluding carboxylic acids is 1. The van der Waals surface area contributed by atoms with E-state index < -0.39 is 6.09 Å². The largest absolute Gasteiger partial charge is 0.465 e. The summed E-state index contributed by atoms with van der Waals surface area (Å²) in [5.41, 5.74) is 4.81. The van der Waals surface area contributed by atoms with Gasteiger partial charge in [-0.05, 0) is 75.4 Å². The summed E-state index contributed by atoms with van der Waals surface area (Å²) in [4.78, 5) is 31.1. The highest BCUT2D eigenvalue weighted by Crippen LogP contribution is 2.33. The first-order valence-electron chi connectivity index (χ1n) is 13.1. The van der Waals surface area contributed by atoms with Crippen LogP contribution in [-0.2, 0) is 0 Å². The predicted molar refractivity (Wildman–Crippen MR) is 149 cm³/mol. The lowest BCUT2D eigenvalue weighted by Crippen LogP contribution is -2.35. The summed E-state index contributed by atoms with van der Waals surface area (Å²) in [6.45, 7) is 10.4. The van der Waals surface area contributed by atoms with E-state index in [-0.39, 0.29) is 5.91 Å². The van der Waals surface area contributed by atoms with Gasteiger partial charge in [-0.25, -0.2) is 9.48 Å². The highest BCUT2D eigenvalue weighted by molar-refractivity contribution is 6.31. The minimum Gasteiger partial charge on any atom is -0.465 e. The van der Waals surface area contributed by atoms with E-state index >= 15 is 0 Å². The Morgan fingerprint density at radius 2 is 1.71 bits per heavy atom. The zero-order chi connectivity index (χ0) is 27.0. The molecule has 9 heteroatoms. The number of amides is 2. The molecule has 0 spiro atoms. The molecule has 1 aromatic heterocycles. The molecule has 0 aliphatic carbocycles. The molecule has 38 heavy (non-hydrogen) atoms. The van der Waals surface area contributed by atoms with Crippen LogP contribution in [0.4, 0.5) is 10.5 Å². The molecule has 0 bridgehead atoms. The van der Waals surface area contributed by atoms with E-state index in [1.807, 2.05) is 66.8 Å². The van der Waals surface area contributed by atoms with E-state index in [0.29, 0.717) is 34.7 Å². The molecule has 2 fully saturated rings. The van der Waals surface area contributed by atoms with Crippen LogP contribution in [0.1, 0.15) is 33.7 Å². The van der Waals surface area contributed by atoms with Crippen LogP contribution in [0, 0.1) is 32.6 Å². The van der Waals surface area contributed by atoms with E-state index in [2.05, 4.69) is 10.00 Å². The minimum atomic E-state index is -0.974. The topological polar surface area (TPSA) is 81.9 Å². The number of carboxylic acid groups (broad SMARTS) is 1. The smallest absolute Gasteiger partial charge is 0.411 e. The van der Waals surface area contributed by atoms with E-state index in [1.54, 1.807) is 12.1 Å². The van der Waals surface area contributed by atoms with Crippen molar-refractivity contribution in [3.63, 3.8) is 0 Å². The van der Waals surface area contributed by atoms with E-state index in [0.717, 1.165) is 61.8 Å². The van der Waals surface area contributed by atoms with Crippen LogP contribution in [0.5, 0.6) is 0 Å². The van der Waals surface area contributed by atoms with Crippen LogP contribution in [0.25, 0.3) is 5.69 Å². The van der Waals surface area contributed by atoms with Crippen molar-refractivity contribution in [2.24, 2.45) is 11.8 Å². The lowest BCUT2D eigenvalue weighted by molar-refractivity contribution is 0.0772. The van der Waals surface area contributed by atoms with Crippen LogP contribution >= 0.6 is 11.6 Å². The molecule has 2 amide bonds. The molecule has 200 valence electrons. The van der Waals surface area contributed by atoms with Gasteiger partial charge in [-0.3, -0.25) is 9.69 Å². The lowest BCUT2D eigenvalue weighted by Gasteiger charge is -2.24. The minimum absolute atomic E-state index is 0.0667. The van der Waals surface area contributed by atoms with Crippen molar-refractivity contribution >= 4 is 29.3 Å². The Morgan fingerprint density at radius 3 is 2.34 bits per heavy atom. The van der Waals surface area contributed by atoms with Crippen LogP contribution in [-0.4, -0.2) is 76.0 Å². The second kappa shape index (κ2) is 10.8. The number of fused-ring (bicyclic) bond motifs is 1. The summed E-state index contributed by atoms with van der Waals surface area (Å²) in [6, 6.07) is 15.3. The third-order valence-corrected chi connectivity index (χ3v) is 8.32. The Bertz CT molecular complexity index is 1330. The van der Waals surface area contributed by atoms with Gasteiger partial charge in [0.2, 0.25) is 0 Å². The second-order valence-corrected chi connectivity index (χ2v) is 10.9. The van der Waals surface area contributed by atoms with Gasteiger partial charge < -0.3 is 14.9 Å². The van der Waals surface area contributed by atoms with Crippen molar-refractivity contribution < 1.29 is 14.7 Å². The number of anilines is 1. The number of hydrogen-bond acceptors (Lipinski definition) is 4. The molecular formula is C29H34ClN5O3. The van der Waals surface area contributed by atoms with Gasteiger partial charge in [0.1, 0.15) is 0 Å². The normalized spacial score (nSPS) is 19.1. The molecule has 3 aromatic rings. The predicted octanol–water partition coefficient (Wildman–Crippen LogP) is 5.03. The number of likely N-dealkylation sites (tertiary alicyclic amines) is 2. The highest BCUT2D eigenvalue weighted by atomic mass is 35.5. The first-order valence-corrected chi connectivity index (χ1v) is 13.5. The first kappa shape index (κ1) is 26.3. The van der Waals surface area contributed by atoms with Crippen molar-refractivity contribution in [2.45, 2.75) is 27.2 Å². The van der Waals surface area contributed by atoms with Gasteiger partial charge >= 0.3 is 6.09 Å². The zero-order valence-corrected chi connectivity index (χ0v) is 22.9. The molecule has 5 rings (SSSR count). The van der Waals surface area contributed by atoms with Crippen molar-refractivity contribution in [3.05, 3.63) is 76.1 Å². The summed E-state index contributed by atoms with van der Waals surface area (Å²) in [7, 11) is 0. The van der Waals surface area contributed by atoms with Gasteiger partial charge in [-0.2, -0.15) is 5.10 Å². The van der Waals surface area contributed by atoms with Gasteiger partial charge in [0, 0.05) is 43.4 Å². The Morgan fingerprint density at radius 1 is 1.03 bits per heavy atom. The quantitative estimate of drug-likeness (QED) is 0.459. The number of benzene rings is 2. The van der Waals surface area contributed by atoms with E-state index in [1.165, 1.54) is 4.90 Å². The number of halogens is 1. The summed E-state index contributed by atoms with van der Waals surface area (Å²) < 4.78 is 1.85. The number of nitrogens with zero attached hydrogens (tertiary/aromatic N) is 5. The number of para-hydroxylation sites is 1. The molecule has 3 heterocycles.